The van der Waals surface area contributed by atoms with Gasteiger partial charge < -0.3 is 39.5 Å². The van der Waals surface area contributed by atoms with E-state index in [1.807, 2.05) is 250 Å². The third kappa shape index (κ3) is 93.8. The number of hydrogen-bond donors (Lipinski definition) is 0. The van der Waals surface area contributed by atoms with Crippen LogP contribution in [-0.4, -0.2) is 6.29 Å². The van der Waals surface area contributed by atoms with Gasteiger partial charge in [-0.2, -0.15) is 0 Å². The Bertz CT molecular complexity index is 1950. The fraction of sp³-hybridized carbons (Fsp3) is 0.390. The van der Waals surface area contributed by atoms with Gasteiger partial charge in [-0.05, 0) is 74.6 Å². The van der Waals surface area contributed by atoms with Gasteiger partial charge in [0.15, 0.2) is 0 Å². The molecular weight excluding hydrogens is 1770 g/mol. The van der Waals surface area contributed by atoms with Crippen molar-refractivity contribution in [2.24, 2.45) is 0 Å². The number of carbonyl (C=O) groups excluding carboxylic acids is 1. The van der Waals surface area contributed by atoms with Crippen molar-refractivity contribution < 1.29 is 299 Å². The van der Waals surface area contributed by atoms with Crippen LogP contribution in [0.4, 0.5) is 11.4 Å². The first-order valence-corrected chi connectivity index (χ1v) is 29.0. The first kappa shape index (κ1) is 160. The third-order valence-corrected chi connectivity index (χ3v) is 8.33. The SMILES string of the molecule is C.C=C(C)CC.C=C1CC(=Cc2ccccc2)C(=C)N1c1ccccc1.C=C1CCC(=C)N1c1ccccc1.CC.CC.CC.CC.CC.CC.CC.CC.CC.CC.CC.Cc1ccccc1.O=Cc1ccccc1.[CH3-].[CH3-].[CH3-].[CH3-].[Y].[Y].[Y].[Y].[Y].[Y].[Y].[Y].[Y]. The molecule has 2 aliphatic rings. The van der Waals surface area contributed by atoms with Crippen molar-refractivity contribution in [2.45, 2.75) is 206 Å². The van der Waals surface area contributed by atoms with Gasteiger partial charge in [-0.15, -0.1) is 6.58 Å². The van der Waals surface area contributed by atoms with Crippen molar-refractivity contribution in [3.05, 3.63) is 265 Å². The molecule has 9 radical (unpaired) electrons. The largest absolute Gasteiger partial charge is 0.358 e. The van der Waals surface area contributed by atoms with Crippen LogP contribution in [0.1, 0.15) is 221 Å². The maximum Gasteiger partial charge on any atom is 0.150 e. The molecule has 0 N–H and O–H groups in total. The Balaban J connectivity index is -0.0000000271. The topological polar surface area (TPSA) is 23.6 Å². The molecule has 2 saturated heterocycles. The van der Waals surface area contributed by atoms with Crippen LogP contribution in [0.15, 0.2) is 218 Å². The number of aldehydes is 1. The van der Waals surface area contributed by atoms with Gasteiger partial charge >= 0.3 is 0 Å². The average molecular weight is 1910 g/mol. The maximum absolute atomic E-state index is 10.0. The van der Waals surface area contributed by atoms with E-state index < -0.39 is 0 Å². The van der Waals surface area contributed by atoms with Crippen molar-refractivity contribution in [3.63, 3.8) is 0 Å². The van der Waals surface area contributed by atoms with E-state index in [4.69, 9.17) is 0 Å². The molecule has 3 nitrogen and oxygen atoms in total. The van der Waals surface area contributed by atoms with Gasteiger partial charge in [-0.3, -0.25) is 4.79 Å². The van der Waals surface area contributed by atoms with Crippen LogP contribution in [0, 0.1) is 36.6 Å². The van der Waals surface area contributed by atoms with Gasteiger partial charge in [-0.25, -0.2) is 0 Å². The van der Waals surface area contributed by atoms with Gasteiger partial charge in [-0.1, -0.05) is 332 Å². The summed E-state index contributed by atoms with van der Waals surface area (Å²) in [6.45, 7) is 70.4. The summed E-state index contributed by atoms with van der Waals surface area (Å²) in [7, 11) is 0. The summed E-state index contributed by atoms with van der Waals surface area (Å²) in [6.07, 6.45) is 7.06. The average Bonchev–Trinajstić information content (AvgIpc) is 4.01. The van der Waals surface area contributed by atoms with E-state index >= 15 is 0 Å². The molecule has 0 saturated carbocycles. The van der Waals surface area contributed by atoms with Crippen molar-refractivity contribution in [3.8, 4) is 0 Å². The summed E-state index contributed by atoms with van der Waals surface area (Å²) < 4.78 is 0. The molecule has 0 bridgehead atoms. The molecule has 0 aromatic heterocycles. The van der Waals surface area contributed by atoms with E-state index in [0.717, 1.165) is 66.0 Å². The molecule has 0 unspecified atom stereocenters. The third-order valence-electron chi connectivity index (χ3n) is 8.33. The van der Waals surface area contributed by atoms with Crippen LogP contribution < -0.4 is 9.80 Å². The monoisotopic (exact) mass is 1910 g/mol. The van der Waals surface area contributed by atoms with E-state index in [1.54, 1.807) is 12.1 Å². The van der Waals surface area contributed by atoms with Crippen LogP contribution in [0.3, 0.4) is 0 Å². The number of rotatable bonds is 5. The molecule has 5 aromatic rings. The molecular formula is C77H136N2OY9-4. The number of hydrogen-bond acceptors (Lipinski definition) is 3. The fourth-order valence-corrected chi connectivity index (χ4v) is 5.28. The summed E-state index contributed by atoms with van der Waals surface area (Å²) in [5, 5.41) is 0. The summed E-state index contributed by atoms with van der Waals surface area (Å²) in [4.78, 5) is 14.3. The predicted octanol–water partition coefficient (Wildman–Crippen LogP) is 27.5. The Kier molecular flexibility index (Phi) is 250. The van der Waals surface area contributed by atoms with Crippen LogP contribution in [0.25, 0.3) is 6.08 Å². The van der Waals surface area contributed by atoms with Gasteiger partial charge in [0.1, 0.15) is 6.29 Å². The number of benzene rings is 5. The van der Waals surface area contributed by atoms with Crippen LogP contribution >= 0.6 is 0 Å². The van der Waals surface area contributed by atoms with Gasteiger partial charge in [0, 0.05) is 341 Å². The molecule has 2 heterocycles. The molecule has 0 aliphatic carbocycles. The van der Waals surface area contributed by atoms with Crippen molar-refractivity contribution in [2.75, 3.05) is 9.80 Å². The van der Waals surface area contributed by atoms with E-state index in [-0.39, 0.29) is 332 Å². The minimum Gasteiger partial charge on any atom is -0.358 e. The predicted molar refractivity (Wildman–Crippen MR) is 388 cm³/mol. The van der Waals surface area contributed by atoms with Crippen molar-refractivity contribution in [1.82, 2.24) is 0 Å². The molecule has 12 heteroatoms. The van der Waals surface area contributed by atoms with E-state index in [0.29, 0.717) is 0 Å². The Morgan fingerprint density at radius 1 is 0.393 bits per heavy atom. The first-order chi connectivity index (χ1) is 36.6. The second-order valence-electron chi connectivity index (χ2n) is 12.7. The summed E-state index contributed by atoms with van der Waals surface area (Å²) >= 11 is 0. The molecule has 89 heavy (non-hydrogen) atoms. The number of anilines is 2. The summed E-state index contributed by atoms with van der Waals surface area (Å²) in [5.74, 6) is 0. The van der Waals surface area contributed by atoms with E-state index in [9.17, 15) is 4.79 Å². The minimum absolute atomic E-state index is 0. The number of allylic oxidation sites excluding steroid dienone is 5. The molecule has 0 spiro atoms. The van der Waals surface area contributed by atoms with Gasteiger partial charge in [0.2, 0.25) is 0 Å². The Morgan fingerprint density at radius 2 is 0.618 bits per heavy atom. The Morgan fingerprint density at radius 3 is 0.831 bits per heavy atom. The number of carbonyl (C=O) groups is 1. The Hall–Kier alpha value is 3.75. The van der Waals surface area contributed by atoms with Gasteiger partial charge in [0.25, 0.3) is 0 Å². The van der Waals surface area contributed by atoms with E-state index in [1.165, 1.54) is 28.0 Å². The normalized spacial score (nSPS) is 8.89. The van der Waals surface area contributed by atoms with Crippen molar-refractivity contribution in [1.29, 1.82) is 0 Å². The molecule has 0 atom stereocenters. The van der Waals surface area contributed by atoms with Crippen molar-refractivity contribution >= 4 is 23.7 Å². The standard InChI is InChI=1S/C19H17N.C12H13N.C7H6O.C7H8.C5H10.11C2H6.CH4.4CH3.9Y/c1-15-13-18(14-17-9-5-3-6-10-17)16(2)20(15)19-11-7-4-8-12-19;1-10-8-9-11(2)13(10)12-6-4-3-5-7-12;8-6-7-4-2-1-3-5-7;1-7-5-3-2-4-6-7;1-4-5(2)3;11*1-2;;;;;;;;;;;;;;/h3-12,14H,1-2,13H2;3-7H,1-2,8-9H2;1-6H;2-6H,1H3;2,4H2,1,3H3;11*1-2H3;1H4;4*1H3;;;;;;;;;/q;;;;;;;;;;;;;;;;;4*-1;;;;;;;;;. The fourth-order valence-electron chi connectivity index (χ4n) is 5.28. The summed E-state index contributed by atoms with van der Waals surface area (Å²) in [6, 6.07) is 50.2. The van der Waals surface area contributed by atoms with Crippen LogP contribution in [0.5, 0.6) is 0 Å². The quantitative estimate of drug-likeness (QED) is 0.0995. The molecule has 491 valence electrons. The number of aryl methyl sites for hydroxylation is 1. The zero-order valence-corrected chi connectivity index (χ0v) is 88.5. The first-order valence-electron chi connectivity index (χ1n) is 29.0. The minimum atomic E-state index is 0. The zero-order valence-electron chi connectivity index (χ0n) is 63.0. The molecule has 0 amide bonds. The summed E-state index contributed by atoms with van der Waals surface area (Å²) in [5.41, 5.74) is 12.4. The van der Waals surface area contributed by atoms with Gasteiger partial charge in [0.05, 0.1) is 0 Å². The number of para-hydroxylation sites is 2. The Labute approximate surface area is 789 Å². The van der Waals surface area contributed by atoms with Crippen LogP contribution in [-0.2, 0) is 294 Å². The second kappa shape index (κ2) is 139. The molecule has 2 fully saturated rings. The zero-order chi connectivity index (χ0) is 60.4. The molecule has 5 aromatic carbocycles. The smallest absolute Gasteiger partial charge is 0.150 e. The molecule has 2 aliphatic heterocycles. The second-order valence-corrected chi connectivity index (χ2v) is 12.7. The van der Waals surface area contributed by atoms with E-state index in [2.05, 4.69) is 111 Å². The maximum atomic E-state index is 10.0. The molecule has 7 rings (SSSR count). The van der Waals surface area contributed by atoms with Crippen LogP contribution in [0.2, 0.25) is 0 Å². The number of nitrogens with zero attached hydrogens (tertiary/aromatic N) is 2.